The topological polar surface area (TPSA) is 29.5 Å². The van der Waals surface area contributed by atoms with Crippen LogP contribution < -0.4 is 4.74 Å². The van der Waals surface area contributed by atoms with E-state index in [1.54, 1.807) is 24.3 Å². The van der Waals surface area contributed by atoms with Gasteiger partial charge in [0.25, 0.3) is 0 Å². The summed E-state index contributed by atoms with van der Waals surface area (Å²) in [5.41, 5.74) is 1.55. The summed E-state index contributed by atoms with van der Waals surface area (Å²) < 4.78 is 6.51. The summed E-state index contributed by atoms with van der Waals surface area (Å²) >= 11 is 7.78. The van der Waals surface area contributed by atoms with E-state index in [-0.39, 0.29) is 5.97 Å². The third-order valence-corrected chi connectivity index (χ3v) is 5.25. The van der Waals surface area contributed by atoms with E-state index in [9.17, 15) is 4.79 Å². The minimum absolute atomic E-state index is 0.349. The maximum absolute atomic E-state index is 12.1. The molecule has 1 heterocycles. The van der Waals surface area contributed by atoms with Crippen LogP contribution in [0, 0.1) is 3.57 Å². The number of rotatable bonds is 3. The third-order valence-electron chi connectivity index (χ3n) is 4.04. The predicted molar refractivity (Wildman–Crippen MR) is 108 cm³/mol. The van der Waals surface area contributed by atoms with Crippen LogP contribution in [0.4, 0.5) is 0 Å². The van der Waals surface area contributed by atoms with Crippen molar-refractivity contribution < 1.29 is 9.53 Å². The Kier molecular flexibility index (Phi) is 5.84. The molecule has 1 fully saturated rings. The van der Waals surface area contributed by atoms with E-state index in [1.807, 2.05) is 24.3 Å². The van der Waals surface area contributed by atoms with E-state index in [0.29, 0.717) is 11.3 Å². The molecule has 2 aromatic rings. The van der Waals surface area contributed by atoms with E-state index in [1.165, 1.54) is 19.3 Å². The van der Waals surface area contributed by atoms with Crippen LogP contribution in [0.1, 0.15) is 35.2 Å². The highest BCUT2D eigenvalue weighted by molar-refractivity contribution is 14.1. The molecule has 0 unspecified atom stereocenters. The van der Waals surface area contributed by atoms with Gasteiger partial charge in [0.05, 0.1) is 5.56 Å². The van der Waals surface area contributed by atoms with Crippen LogP contribution in [0.15, 0.2) is 48.5 Å². The number of thiocarbonyl (C=S) groups is 1. The molecular weight excluding hydrogens is 433 g/mol. The first kappa shape index (κ1) is 17.4. The molecule has 5 heteroatoms. The molecule has 124 valence electrons. The minimum atomic E-state index is -0.349. The summed E-state index contributed by atoms with van der Waals surface area (Å²) in [5.74, 6) is 0.182. The highest BCUT2D eigenvalue weighted by atomic mass is 127. The molecule has 0 N–H and O–H groups in total. The molecule has 3 nitrogen and oxygen atoms in total. The van der Waals surface area contributed by atoms with Gasteiger partial charge in [0, 0.05) is 22.2 Å². The summed E-state index contributed by atoms with van der Waals surface area (Å²) in [5, 5.41) is 0. The van der Waals surface area contributed by atoms with Gasteiger partial charge >= 0.3 is 5.97 Å². The quantitative estimate of drug-likeness (QED) is 0.294. The Hall–Kier alpha value is -1.47. The van der Waals surface area contributed by atoms with Crippen LogP contribution in [-0.2, 0) is 0 Å². The maximum atomic E-state index is 12.1. The maximum Gasteiger partial charge on any atom is 0.343 e. The van der Waals surface area contributed by atoms with Crippen molar-refractivity contribution in [1.82, 2.24) is 4.90 Å². The Morgan fingerprint density at radius 1 is 0.917 bits per heavy atom. The molecule has 0 aliphatic carbocycles. The van der Waals surface area contributed by atoms with Crippen LogP contribution in [0.25, 0.3) is 0 Å². The highest BCUT2D eigenvalue weighted by Crippen LogP contribution is 2.18. The molecule has 3 rings (SSSR count). The average molecular weight is 451 g/mol. The average Bonchev–Trinajstić information content (AvgIpc) is 2.63. The summed E-state index contributed by atoms with van der Waals surface area (Å²) in [7, 11) is 0. The number of esters is 1. The normalized spacial score (nSPS) is 14.3. The molecule has 0 saturated carbocycles. The second-order valence-electron chi connectivity index (χ2n) is 5.77. The third kappa shape index (κ3) is 4.33. The van der Waals surface area contributed by atoms with E-state index < -0.39 is 0 Å². The molecule has 0 amide bonds. The largest absolute Gasteiger partial charge is 0.423 e. The Bertz CT molecular complexity index is 722. The molecule has 1 aliphatic heterocycles. The van der Waals surface area contributed by atoms with Gasteiger partial charge in [-0.05, 0) is 90.4 Å². The zero-order valence-electron chi connectivity index (χ0n) is 13.2. The number of carbonyl (C=O) groups is 1. The summed E-state index contributed by atoms with van der Waals surface area (Å²) in [6.07, 6.45) is 3.68. The molecule has 0 radical (unpaired) electrons. The van der Waals surface area contributed by atoms with Gasteiger partial charge in [-0.3, -0.25) is 0 Å². The van der Waals surface area contributed by atoms with Crippen LogP contribution in [0.3, 0.4) is 0 Å². The van der Waals surface area contributed by atoms with Crippen molar-refractivity contribution in [3.8, 4) is 5.75 Å². The van der Waals surface area contributed by atoms with E-state index in [0.717, 1.165) is 27.2 Å². The smallest absolute Gasteiger partial charge is 0.343 e. The number of nitrogens with zero attached hydrogens (tertiary/aromatic N) is 1. The van der Waals surface area contributed by atoms with Crippen molar-refractivity contribution in [2.75, 3.05) is 13.1 Å². The Morgan fingerprint density at radius 3 is 2.12 bits per heavy atom. The SMILES string of the molecule is O=C(Oc1ccc(C(=S)N2CCCCC2)cc1)c1ccc(I)cc1. The fourth-order valence-electron chi connectivity index (χ4n) is 2.70. The molecular formula is C19H18INO2S. The minimum Gasteiger partial charge on any atom is -0.423 e. The van der Waals surface area contributed by atoms with Crippen molar-refractivity contribution in [1.29, 1.82) is 0 Å². The molecule has 1 saturated heterocycles. The number of hydrogen-bond acceptors (Lipinski definition) is 3. The predicted octanol–water partition coefficient (Wildman–Crippen LogP) is 4.67. The van der Waals surface area contributed by atoms with Gasteiger partial charge < -0.3 is 9.64 Å². The first-order chi connectivity index (χ1) is 11.6. The number of piperidine rings is 1. The summed E-state index contributed by atoms with van der Waals surface area (Å²) in [6, 6.07) is 14.8. The zero-order valence-corrected chi connectivity index (χ0v) is 16.2. The lowest BCUT2D eigenvalue weighted by Crippen LogP contribution is -2.34. The van der Waals surface area contributed by atoms with Gasteiger partial charge in [0.15, 0.2) is 0 Å². The first-order valence-corrected chi connectivity index (χ1v) is 9.49. The summed E-state index contributed by atoms with van der Waals surface area (Å²) in [4.78, 5) is 15.3. The number of benzene rings is 2. The van der Waals surface area contributed by atoms with Crippen molar-refractivity contribution in [3.05, 3.63) is 63.2 Å². The zero-order chi connectivity index (χ0) is 16.9. The molecule has 0 aromatic heterocycles. The molecule has 0 bridgehead atoms. The van der Waals surface area contributed by atoms with Crippen LogP contribution in [0.5, 0.6) is 5.75 Å². The Morgan fingerprint density at radius 2 is 1.50 bits per heavy atom. The van der Waals surface area contributed by atoms with Crippen molar-refractivity contribution in [2.24, 2.45) is 0 Å². The number of carbonyl (C=O) groups excluding carboxylic acids is 1. The summed E-state index contributed by atoms with van der Waals surface area (Å²) in [6.45, 7) is 2.06. The number of halogens is 1. The van der Waals surface area contributed by atoms with Crippen molar-refractivity contribution >= 4 is 45.8 Å². The molecule has 24 heavy (non-hydrogen) atoms. The molecule has 0 atom stereocenters. The van der Waals surface area contributed by atoms with Crippen LogP contribution in [0.2, 0.25) is 0 Å². The van der Waals surface area contributed by atoms with Crippen molar-refractivity contribution in [2.45, 2.75) is 19.3 Å². The lowest BCUT2D eigenvalue weighted by atomic mass is 10.1. The number of likely N-dealkylation sites (tertiary alicyclic amines) is 1. The van der Waals surface area contributed by atoms with Gasteiger partial charge in [-0.1, -0.05) is 12.2 Å². The van der Waals surface area contributed by atoms with Gasteiger partial charge in [-0.15, -0.1) is 0 Å². The van der Waals surface area contributed by atoms with Gasteiger partial charge in [0.2, 0.25) is 0 Å². The standard InChI is InChI=1S/C19H18INO2S/c20-16-8-4-15(5-9-16)19(22)23-17-10-6-14(7-11-17)18(24)21-12-2-1-3-13-21/h4-11H,1-3,12-13H2. The van der Waals surface area contributed by atoms with Gasteiger partial charge in [0.1, 0.15) is 10.7 Å². The molecule has 2 aromatic carbocycles. The van der Waals surface area contributed by atoms with E-state index >= 15 is 0 Å². The lowest BCUT2D eigenvalue weighted by molar-refractivity contribution is 0.0735. The number of ether oxygens (including phenoxy) is 1. The fraction of sp³-hybridized carbons (Fsp3) is 0.263. The van der Waals surface area contributed by atoms with Gasteiger partial charge in [-0.2, -0.15) is 0 Å². The second kappa shape index (κ2) is 8.07. The van der Waals surface area contributed by atoms with Gasteiger partial charge in [-0.25, -0.2) is 4.79 Å². The molecule has 1 aliphatic rings. The second-order valence-corrected chi connectivity index (χ2v) is 7.41. The fourth-order valence-corrected chi connectivity index (χ4v) is 3.38. The Balaban J connectivity index is 1.64. The number of hydrogen-bond donors (Lipinski definition) is 0. The lowest BCUT2D eigenvalue weighted by Gasteiger charge is -2.29. The van der Waals surface area contributed by atoms with E-state index in [2.05, 4.69) is 27.5 Å². The Labute approximate surface area is 161 Å². The highest BCUT2D eigenvalue weighted by Gasteiger charge is 2.15. The van der Waals surface area contributed by atoms with E-state index in [4.69, 9.17) is 17.0 Å². The monoisotopic (exact) mass is 451 g/mol. The van der Waals surface area contributed by atoms with Crippen LogP contribution >= 0.6 is 34.8 Å². The molecule has 0 spiro atoms. The first-order valence-electron chi connectivity index (χ1n) is 8.00. The van der Waals surface area contributed by atoms with Crippen molar-refractivity contribution in [3.63, 3.8) is 0 Å². The van der Waals surface area contributed by atoms with Crippen LogP contribution in [-0.4, -0.2) is 28.9 Å².